The Morgan fingerprint density at radius 2 is 0.962 bits per heavy atom. The Kier molecular flexibility index (Phi) is 7.19. The van der Waals surface area contributed by atoms with Crippen LogP contribution in [0.2, 0.25) is 0 Å². The summed E-state index contributed by atoms with van der Waals surface area (Å²) in [6.45, 7) is 4.70. The van der Waals surface area contributed by atoms with Gasteiger partial charge in [-0.1, -0.05) is 153 Å². The summed E-state index contributed by atoms with van der Waals surface area (Å²) in [6.07, 6.45) is 0. The molecule has 53 heavy (non-hydrogen) atoms. The average molecular weight is 680 g/mol. The van der Waals surface area contributed by atoms with Gasteiger partial charge in [0.1, 0.15) is 11.5 Å². The van der Waals surface area contributed by atoms with Gasteiger partial charge in [-0.2, -0.15) is 0 Å². The summed E-state index contributed by atoms with van der Waals surface area (Å²) in [7, 11) is 0. The third-order valence-electron chi connectivity index (χ3n) is 11.1. The van der Waals surface area contributed by atoms with Gasteiger partial charge < -0.3 is 9.64 Å². The zero-order chi connectivity index (χ0) is 35.5. The molecule has 8 aromatic rings. The second-order valence-electron chi connectivity index (χ2n) is 14.5. The van der Waals surface area contributed by atoms with E-state index in [4.69, 9.17) is 4.74 Å². The maximum atomic E-state index is 7.03. The molecule has 2 nitrogen and oxygen atoms in total. The van der Waals surface area contributed by atoms with Crippen molar-refractivity contribution in [1.29, 1.82) is 0 Å². The fourth-order valence-corrected chi connectivity index (χ4v) is 8.47. The highest BCUT2D eigenvalue weighted by atomic mass is 16.5. The van der Waals surface area contributed by atoms with Crippen molar-refractivity contribution in [2.24, 2.45) is 0 Å². The first-order chi connectivity index (χ1) is 26.0. The zero-order valence-electron chi connectivity index (χ0n) is 29.8. The minimum Gasteiger partial charge on any atom is -0.456 e. The van der Waals surface area contributed by atoms with Crippen molar-refractivity contribution in [3.63, 3.8) is 0 Å². The number of hydrogen-bond donors (Lipinski definition) is 0. The quantitative estimate of drug-likeness (QED) is 0.180. The molecule has 0 atom stereocenters. The first kappa shape index (κ1) is 31.1. The Bertz CT molecular complexity index is 2670. The fourth-order valence-electron chi connectivity index (χ4n) is 8.47. The fraction of sp³-hybridized carbons (Fsp3) is 0.0588. The van der Waals surface area contributed by atoms with Crippen LogP contribution >= 0.6 is 0 Å². The highest BCUT2D eigenvalue weighted by Crippen LogP contribution is 2.55. The van der Waals surface area contributed by atoms with E-state index in [9.17, 15) is 0 Å². The van der Waals surface area contributed by atoms with Crippen molar-refractivity contribution in [3.05, 3.63) is 199 Å². The van der Waals surface area contributed by atoms with E-state index in [0.717, 1.165) is 61.9 Å². The Labute approximate surface area is 311 Å². The molecule has 0 amide bonds. The van der Waals surface area contributed by atoms with Gasteiger partial charge in [0, 0.05) is 27.9 Å². The Morgan fingerprint density at radius 1 is 0.377 bits per heavy atom. The lowest BCUT2D eigenvalue weighted by molar-refractivity contribution is 0.488. The molecule has 0 unspecified atom stereocenters. The van der Waals surface area contributed by atoms with Crippen molar-refractivity contribution in [3.8, 4) is 67.1 Å². The second-order valence-corrected chi connectivity index (χ2v) is 14.5. The van der Waals surface area contributed by atoms with Crippen LogP contribution in [0.3, 0.4) is 0 Å². The molecule has 0 bridgehead atoms. The molecule has 0 N–H and O–H groups in total. The maximum Gasteiger partial charge on any atom is 0.137 e. The van der Waals surface area contributed by atoms with E-state index in [0.29, 0.717) is 0 Å². The van der Waals surface area contributed by atoms with Crippen LogP contribution < -0.4 is 9.64 Å². The van der Waals surface area contributed by atoms with Crippen LogP contribution in [0.25, 0.3) is 55.6 Å². The molecule has 1 aliphatic carbocycles. The maximum absolute atomic E-state index is 7.03. The predicted octanol–water partition coefficient (Wildman–Crippen LogP) is 14.2. The third kappa shape index (κ3) is 5.10. The highest BCUT2D eigenvalue weighted by molar-refractivity contribution is 6.00. The van der Waals surface area contributed by atoms with Gasteiger partial charge in [-0.05, 0) is 104 Å². The lowest BCUT2D eigenvalue weighted by Crippen LogP contribution is -2.17. The van der Waals surface area contributed by atoms with E-state index in [-0.39, 0.29) is 5.41 Å². The largest absolute Gasteiger partial charge is 0.456 e. The summed E-state index contributed by atoms with van der Waals surface area (Å²) < 4.78 is 7.03. The lowest BCUT2D eigenvalue weighted by atomic mass is 9.82. The summed E-state index contributed by atoms with van der Waals surface area (Å²) in [5, 5.41) is 0. The van der Waals surface area contributed by atoms with Gasteiger partial charge in [0.25, 0.3) is 0 Å². The van der Waals surface area contributed by atoms with Crippen LogP contribution in [-0.2, 0) is 5.41 Å². The van der Waals surface area contributed by atoms with Crippen LogP contribution in [0, 0.1) is 0 Å². The molecule has 2 aliphatic rings. The predicted molar refractivity (Wildman–Crippen MR) is 221 cm³/mol. The molecular formula is C51H37NO. The van der Waals surface area contributed by atoms with Crippen molar-refractivity contribution in [2.45, 2.75) is 19.3 Å². The van der Waals surface area contributed by atoms with E-state index < -0.39 is 0 Å². The molecule has 0 spiro atoms. The summed E-state index contributed by atoms with van der Waals surface area (Å²) in [5.41, 5.74) is 17.5. The minimum atomic E-state index is -0.138. The van der Waals surface area contributed by atoms with Gasteiger partial charge in [-0.15, -0.1) is 0 Å². The van der Waals surface area contributed by atoms with Crippen molar-refractivity contribution in [1.82, 2.24) is 0 Å². The number of nitrogens with zero attached hydrogens (tertiary/aromatic N) is 1. The first-order valence-electron chi connectivity index (χ1n) is 18.3. The Balaban J connectivity index is 1.20. The number of fused-ring (bicyclic) bond motifs is 8. The van der Waals surface area contributed by atoms with E-state index >= 15 is 0 Å². The standard InChI is InChI=1S/C51H37NO/c1-51(2)45-24-12-11-22-41(45)42-30-28-39(33-46(42)51)52(38-20-13-19-36(31-38)34-15-5-3-6-16-34)47-25-14-26-48-50(47)44-23-10-9-21-40(44)43-29-27-37(32-49(43)53-48)35-17-7-4-8-18-35/h3-33H,1-2H3. The van der Waals surface area contributed by atoms with Crippen LogP contribution in [0.4, 0.5) is 17.1 Å². The molecular weight excluding hydrogens is 643 g/mol. The second kappa shape index (κ2) is 12.3. The number of anilines is 3. The zero-order valence-corrected chi connectivity index (χ0v) is 29.8. The van der Waals surface area contributed by atoms with E-state index in [1.54, 1.807) is 0 Å². The monoisotopic (exact) mass is 679 g/mol. The average Bonchev–Trinajstić information content (AvgIpc) is 3.34. The van der Waals surface area contributed by atoms with Crippen LogP contribution in [-0.4, -0.2) is 0 Å². The number of benzene rings is 8. The molecule has 0 saturated heterocycles. The molecule has 0 saturated carbocycles. The van der Waals surface area contributed by atoms with Gasteiger partial charge in [0.05, 0.1) is 5.69 Å². The molecule has 1 aliphatic heterocycles. The molecule has 252 valence electrons. The van der Waals surface area contributed by atoms with E-state index in [1.807, 2.05) is 0 Å². The summed E-state index contributed by atoms with van der Waals surface area (Å²) in [5.74, 6) is 1.68. The summed E-state index contributed by atoms with van der Waals surface area (Å²) >= 11 is 0. The molecule has 0 aromatic heterocycles. The molecule has 8 aromatic carbocycles. The normalized spacial score (nSPS) is 13.0. The van der Waals surface area contributed by atoms with Gasteiger partial charge in [0.2, 0.25) is 0 Å². The minimum absolute atomic E-state index is 0.138. The van der Waals surface area contributed by atoms with Gasteiger partial charge in [-0.3, -0.25) is 0 Å². The highest BCUT2D eigenvalue weighted by Gasteiger charge is 2.36. The van der Waals surface area contributed by atoms with Gasteiger partial charge in [0.15, 0.2) is 0 Å². The molecule has 10 rings (SSSR count). The van der Waals surface area contributed by atoms with Crippen LogP contribution in [0.5, 0.6) is 11.5 Å². The smallest absolute Gasteiger partial charge is 0.137 e. The molecule has 0 fully saturated rings. The number of hydrogen-bond acceptors (Lipinski definition) is 2. The van der Waals surface area contributed by atoms with Crippen LogP contribution in [0.15, 0.2) is 188 Å². The van der Waals surface area contributed by atoms with Gasteiger partial charge in [-0.25, -0.2) is 0 Å². The van der Waals surface area contributed by atoms with Crippen molar-refractivity contribution in [2.75, 3.05) is 4.90 Å². The van der Waals surface area contributed by atoms with E-state index in [2.05, 4.69) is 207 Å². The Hall–Kier alpha value is -6.64. The molecule has 2 heteroatoms. The van der Waals surface area contributed by atoms with Gasteiger partial charge >= 0.3 is 0 Å². The Morgan fingerprint density at radius 3 is 1.74 bits per heavy atom. The third-order valence-corrected chi connectivity index (χ3v) is 11.1. The first-order valence-corrected chi connectivity index (χ1v) is 18.3. The number of ether oxygens (including phenoxy) is 1. The van der Waals surface area contributed by atoms with E-state index in [1.165, 1.54) is 33.4 Å². The summed E-state index contributed by atoms with van der Waals surface area (Å²) in [6, 6.07) is 67.7. The molecule has 1 heterocycles. The van der Waals surface area contributed by atoms with Crippen molar-refractivity contribution < 1.29 is 4.74 Å². The van der Waals surface area contributed by atoms with Crippen molar-refractivity contribution >= 4 is 17.1 Å². The SMILES string of the molecule is CC1(C)c2ccccc2-c2ccc(N(c3cccc(-c4ccccc4)c3)c3cccc4c3-c3ccccc3-c3ccc(-c5ccccc5)cc3O4)cc21. The van der Waals surface area contributed by atoms with Crippen LogP contribution in [0.1, 0.15) is 25.0 Å². The lowest BCUT2D eigenvalue weighted by Gasteiger charge is -2.30. The summed E-state index contributed by atoms with van der Waals surface area (Å²) in [4.78, 5) is 2.43. The number of rotatable bonds is 5. The molecule has 0 radical (unpaired) electrons. The topological polar surface area (TPSA) is 12.5 Å².